The second-order valence-electron chi connectivity index (χ2n) is 11.6. The molecule has 1 aromatic carbocycles. The molecule has 0 spiro atoms. The van der Waals surface area contributed by atoms with Gasteiger partial charge in [-0.05, 0) is 64.5 Å². The summed E-state index contributed by atoms with van der Waals surface area (Å²) in [4.78, 5) is 23.5. The Kier molecular flexibility index (Phi) is 7.03. The lowest BCUT2D eigenvalue weighted by atomic mass is 9.96. The molecule has 3 atom stereocenters. The van der Waals surface area contributed by atoms with Gasteiger partial charge >= 0.3 is 0 Å². The molecule has 9 nitrogen and oxygen atoms in total. The van der Waals surface area contributed by atoms with Gasteiger partial charge in [-0.25, -0.2) is 19.5 Å². The molecular formula is C30H39N9. The zero-order chi connectivity index (χ0) is 27.1. The number of nitrogens with one attached hydrogen (secondary N) is 1. The minimum Gasteiger partial charge on any atom is -0.369 e. The normalized spacial score (nSPS) is 22.2. The van der Waals surface area contributed by atoms with Gasteiger partial charge in [0, 0.05) is 61.8 Å². The van der Waals surface area contributed by atoms with E-state index in [-0.39, 0.29) is 0 Å². The number of aryl methyl sites for hydroxylation is 3. The molecule has 2 fully saturated rings. The molecule has 6 rings (SSSR count). The van der Waals surface area contributed by atoms with Gasteiger partial charge in [0.2, 0.25) is 0 Å². The van der Waals surface area contributed by atoms with Crippen LogP contribution in [0.3, 0.4) is 0 Å². The van der Waals surface area contributed by atoms with Gasteiger partial charge in [-0.1, -0.05) is 24.3 Å². The van der Waals surface area contributed by atoms with E-state index < -0.39 is 0 Å². The molecule has 39 heavy (non-hydrogen) atoms. The van der Waals surface area contributed by atoms with Crippen LogP contribution in [0.2, 0.25) is 0 Å². The van der Waals surface area contributed by atoms with Crippen molar-refractivity contribution in [2.75, 3.05) is 31.1 Å². The lowest BCUT2D eigenvalue weighted by Gasteiger charge is -2.36. The second-order valence-corrected chi connectivity index (χ2v) is 11.6. The van der Waals surface area contributed by atoms with Crippen LogP contribution in [-0.2, 0) is 13.0 Å². The van der Waals surface area contributed by atoms with Gasteiger partial charge in [0.1, 0.15) is 5.82 Å². The quantitative estimate of drug-likeness (QED) is 0.407. The Labute approximate surface area is 230 Å². The summed E-state index contributed by atoms with van der Waals surface area (Å²) in [5.41, 5.74) is 6.97. The molecule has 0 amide bonds. The number of fused-ring (bicyclic) bond motifs is 1. The van der Waals surface area contributed by atoms with Crippen molar-refractivity contribution in [2.45, 2.75) is 66.1 Å². The fourth-order valence-electron chi connectivity index (χ4n) is 6.35. The predicted molar refractivity (Wildman–Crippen MR) is 154 cm³/mol. The van der Waals surface area contributed by atoms with E-state index in [2.05, 4.69) is 77.2 Å². The van der Waals surface area contributed by atoms with Gasteiger partial charge in [0.25, 0.3) is 5.78 Å². The molecular weight excluding hydrogens is 486 g/mol. The highest BCUT2D eigenvalue weighted by atomic mass is 15.3. The minimum absolute atomic E-state index is 0.532. The largest absolute Gasteiger partial charge is 0.369 e. The molecule has 0 bridgehead atoms. The SMILES string of the molecule is Cc1nc2nc(C)c(C[C@@H]3CCN(c4cnc(-c5ccc(CN6C[C@@H](C)N[C@@H](C)C6)cc5)nc4)C3)c(C)n2n1. The van der Waals surface area contributed by atoms with Crippen LogP contribution in [0.4, 0.5) is 5.69 Å². The third-order valence-corrected chi connectivity index (χ3v) is 8.19. The Morgan fingerprint density at radius 2 is 1.64 bits per heavy atom. The zero-order valence-corrected chi connectivity index (χ0v) is 23.7. The Balaban J connectivity index is 1.08. The maximum atomic E-state index is 4.73. The summed E-state index contributed by atoms with van der Waals surface area (Å²) in [6.45, 7) is 15.8. The zero-order valence-electron chi connectivity index (χ0n) is 23.7. The predicted octanol–water partition coefficient (Wildman–Crippen LogP) is 3.76. The smallest absolute Gasteiger partial charge is 0.252 e. The Bertz CT molecular complexity index is 1430. The molecule has 5 heterocycles. The molecule has 2 aliphatic rings. The average Bonchev–Trinajstić information content (AvgIpc) is 3.53. The number of anilines is 1. The average molecular weight is 526 g/mol. The lowest BCUT2D eigenvalue weighted by Crippen LogP contribution is -2.53. The highest BCUT2D eigenvalue weighted by Crippen LogP contribution is 2.28. The van der Waals surface area contributed by atoms with Crippen LogP contribution >= 0.6 is 0 Å². The fourth-order valence-corrected chi connectivity index (χ4v) is 6.35. The third kappa shape index (κ3) is 5.51. The maximum absolute atomic E-state index is 4.73. The van der Waals surface area contributed by atoms with Crippen molar-refractivity contribution in [1.29, 1.82) is 0 Å². The van der Waals surface area contributed by atoms with E-state index in [1.165, 1.54) is 11.1 Å². The topological polar surface area (TPSA) is 87.4 Å². The van der Waals surface area contributed by atoms with E-state index in [4.69, 9.17) is 15.0 Å². The second kappa shape index (κ2) is 10.6. The molecule has 0 unspecified atom stereocenters. The van der Waals surface area contributed by atoms with E-state index in [1.807, 2.05) is 23.8 Å². The van der Waals surface area contributed by atoms with E-state index in [1.54, 1.807) is 0 Å². The lowest BCUT2D eigenvalue weighted by molar-refractivity contribution is 0.166. The van der Waals surface area contributed by atoms with Gasteiger partial charge in [0.15, 0.2) is 5.82 Å². The van der Waals surface area contributed by atoms with Crippen LogP contribution < -0.4 is 10.2 Å². The molecule has 0 saturated carbocycles. The van der Waals surface area contributed by atoms with Gasteiger partial charge in [-0.3, -0.25) is 4.90 Å². The number of benzene rings is 1. The molecule has 2 aliphatic heterocycles. The summed E-state index contributed by atoms with van der Waals surface area (Å²) < 4.78 is 1.88. The summed E-state index contributed by atoms with van der Waals surface area (Å²) in [5, 5.41) is 8.14. The highest BCUT2D eigenvalue weighted by Gasteiger charge is 2.26. The number of hydrogen-bond acceptors (Lipinski definition) is 8. The van der Waals surface area contributed by atoms with Crippen LogP contribution in [0.25, 0.3) is 17.2 Å². The molecule has 2 saturated heterocycles. The number of nitrogens with zero attached hydrogens (tertiary/aromatic N) is 8. The van der Waals surface area contributed by atoms with E-state index in [0.717, 1.165) is 79.9 Å². The number of aromatic nitrogens is 6. The molecule has 3 aromatic heterocycles. The van der Waals surface area contributed by atoms with Crippen molar-refractivity contribution in [2.24, 2.45) is 5.92 Å². The van der Waals surface area contributed by atoms with Crippen molar-refractivity contribution in [3.63, 3.8) is 0 Å². The van der Waals surface area contributed by atoms with Crippen LogP contribution in [0.1, 0.15) is 48.6 Å². The molecule has 0 aliphatic carbocycles. The first-order valence-corrected chi connectivity index (χ1v) is 14.2. The van der Waals surface area contributed by atoms with E-state index >= 15 is 0 Å². The fraction of sp³-hybridized carbons (Fsp3) is 0.500. The van der Waals surface area contributed by atoms with Crippen LogP contribution in [0.5, 0.6) is 0 Å². The van der Waals surface area contributed by atoms with Crippen LogP contribution in [-0.4, -0.2) is 72.7 Å². The van der Waals surface area contributed by atoms with Crippen molar-refractivity contribution in [3.8, 4) is 11.4 Å². The van der Waals surface area contributed by atoms with Crippen LogP contribution in [0.15, 0.2) is 36.7 Å². The van der Waals surface area contributed by atoms with E-state index in [9.17, 15) is 0 Å². The molecule has 0 radical (unpaired) electrons. The van der Waals surface area contributed by atoms with Gasteiger partial charge < -0.3 is 10.2 Å². The summed E-state index contributed by atoms with van der Waals surface area (Å²) in [6.07, 6.45) is 6.09. The summed E-state index contributed by atoms with van der Waals surface area (Å²) in [6, 6.07) is 9.79. The van der Waals surface area contributed by atoms with Crippen molar-refractivity contribution < 1.29 is 0 Å². The number of hydrogen-bond donors (Lipinski definition) is 1. The maximum Gasteiger partial charge on any atom is 0.252 e. The summed E-state index contributed by atoms with van der Waals surface area (Å²) in [5.74, 6) is 2.78. The minimum atomic E-state index is 0.532. The Morgan fingerprint density at radius 1 is 0.923 bits per heavy atom. The van der Waals surface area contributed by atoms with Crippen molar-refractivity contribution in [1.82, 2.24) is 39.8 Å². The molecule has 9 heteroatoms. The Hall–Kier alpha value is -3.43. The first-order valence-electron chi connectivity index (χ1n) is 14.2. The van der Waals surface area contributed by atoms with Gasteiger partial charge in [-0.15, -0.1) is 0 Å². The highest BCUT2D eigenvalue weighted by molar-refractivity contribution is 5.57. The van der Waals surface area contributed by atoms with Crippen molar-refractivity contribution >= 4 is 11.5 Å². The van der Waals surface area contributed by atoms with E-state index in [0.29, 0.717) is 23.8 Å². The third-order valence-electron chi connectivity index (χ3n) is 8.19. The van der Waals surface area contributed by atoms with Crippen molar-refractivity contribution in [3.05, 3.63) is 65.0 Å². The summed E-state index contributed by atoms with van der Waals surface area (Å²) >= 11 is 0. The first-order chi connectivity index (χ1) is 18.8. The number of rotatable bonds is 6. The Morgan fingerprint density at radius 3 is 2.36 bits per heavy atom. The molecule has 1 N–H and O–H groups in total. The van der Waals surface area contributed by atoms with Crippen LogP contribution in [0, 0.1) is 26.7 Å². The van der Waals surface area contributed by atoms with Gasteiger partial charge in [-0.2, -0.15) is 10.1 Å². The number of piperazine rings is 1. The molecule has 4 aromatic rings. The molecule has 204 valence electrons. The standard InChI is InChI=1S/C30H39N9/c1-19-15-37(16-20(2)33-19)17-24-6-8-26(9-7-24)29-31-13-27(14-32-29)38-11-10-25(18-38)12-28-21(3)34-30-35-23(5)36-39(30)22(28)4/h6-9,13-14,19-20,25,33H,10-12,15-18H2,1-5H3/t19-,20+,25-/m0/s1. The summed E-state index contributed by atoms with van der Waals surface area (Å²) in [7, 11) is 0. The monoisotopic (exact) mass is 525 g/mol. The first kappa shape index (κ1) is 25.8. The van der Waals surface area contributed by atoms with Gasteiger partial charge in [0.05, 0.1) is 18.1 Å².